The zero-order valence-electron chi connectivity index (χ0n) is 15.9. The third-order valence-electron chi connectivity index (χ3n) is 5.86. The van der Waals surface area contributed by atoms with Gasteiger partial charge in [-0.1, -0.05) is 0 Å². The molecule has 6 heteroatoms. The van der Waals surface area contributed by atoms with Crippen LogP contribution in [-0.4, -0.2) is 66.6 Å². The highest BCUT2D eigenvalue weighted by molar-refractivity contribution is 5.82. The Hall–Kier alpha value is -1.66. The molecule has 2 atom stereocenters. The van der Waals surface area contributed by atoms with Crippen molar-refractivity contribution < 1.29 is 9.18 Å². The number of anilines is 1. The first-order valence-electron chi connectivity index (χ1n) is 9.84. The number of carbonyl (C=O) groups excluding carboxylic acids is 1. The fraction of sp³-hybridized carbons (Fsp3) is 0.650. The molecule has 5 nitrogen and oxygen atoms in total. The second-order valence-electron chi connectivity index (χ2n) is 7.41. The van der Waals surface area contributed by atoms with Gasteiger partial charge in [-0.15, -0.1) is 0 Å². The van der Waals surface area contributed by atoms with Crippen LogP contribution in [0.2, 0.25) is 0 Å². The van der Waals surface area contributed by atoms with E-state index in [0.717, 1.165) is 57.7 Å². The topological polar surface area (TPSA) is 52.8 Å². The summed E-state index contributed by atoms with van der Waals surface area (Å²) in [5.41, 5.74) is 7.29. The largest absolute Gasteiger partial charge is 0.371 e. The first-order valence-corrected chi connectivity index (χ1v) is 9.84. The molecule has 0 spiro atoms. The molecule has 2 fully saturated rings. The van der Waals surface area contributed by atoms with Gasteiger partial charge in [0.2, 0.25) is 5.91 Å². The van der Waals surface area contributed by atoms with Gasteiger partial charge in [0.1, 0.15) is 5.82 Å². The Morgan fingerprint density at radius 3 is 2.38 bits per heavy atom. The molecule has 0 radical (unpaired) electrons. The molecule has 2 N–H and O–H groups in total. The van der Waals surface area contributed by atoms with E-state index in [-0.39, 0.29) is 23.8 Å². The highest BCUT2D eigenvalue weighted by Gasteiger charge is 2.41. The molecule has 26 heavy (non-hydrogen) atoms. The van der Waals surface area contributed by atoms with E-state index < -0.39 is 0 Å². The van der Waals surface area contributed by atoms with Crippen LogP contribution >= 0.6 is 0 Å². The van der Waals surface area contributed by atoms with Gasteiger partial charge < -0.3 is 15.5 Å². The van der Waals surface area contributed by atoms with Gasteiger partial charge in [0.05, 0.1) is 6.04 Å². The Labute approximate surface area is 155 Å². The van der Waals surface area contributed by atoms with E-state index in [1.165, 1.54) is 12.1 Å². The Balaban J connectivity index is 1.63. The molecule has 1 aromatic rings. The predicted octanol–water partition coefficient (Wildman–Crippen LogP) is 2.06. The van der Waals surface area contributed by atoms with Crippen LogP contribution in [0.4, 0.5) is 10.1 Å². The summed E-state index contributed by atoms with van der Waals surface area (Å²) >= 11 is 0. The summed E-state index contributed by atoms with van der Waals surface area (Å²) in [7, 11) is 0. The van der Waals surface area contributed by atoms with Crippen molar-refractivity contribution in [2.24, 2.45) is 5.73 Å². The zero-order chi connectivity index (χ0) is 18.7. The van der Waals surface area contributed by atoms with Crippen molar-refractivity contribution >= 4 is 11.6 Å². The summed E-state index contributed by atoms with van der Waals surface area (Å²) in [4.78, 5) is 19.5. The molecule has 2 aliphatic rings. The van der Waals surface area contributed by atoms with Crippen LogP contribution in [0.3, 0.4) is 0 Å². The van der Waals surface area contributed by atoms with Crippen molar-refractivity contribution in [1.82, 2.24) is 9.80 Å². The number of hydrogen-bond acceptors (Lipinski definition) is 4. The molecule has 2 saturated heterocycles. The monoisotopic (exact) mass is 362 g/mol. The quantitative estimate of drug-likeness (QED) is 0.871. The molecule has 2 aliphatic heterocycles. The van der Waals surface area contributed by atoms with Crippen molar-refractivity contribution in [1.29, 1.82) is 0 Å². The normalized spacial score (nSPS) is 24.8. The molecular weight excluding hydrogens is 331 g/mol. The molecular formula is C20H31FN4O. The summed E-state index contributed by atoms with van der Waals surface area (Å²) in [6.45, 7) is 8.21. The third-order valence-corrected chi connectivity index (χ3v) is 5.86. The van der Waals surface area contributed by atoms with E-state index in [9.17, 15) is 9.18 Å². The Bertz CT molecular complexity index is 596. The van der Waals surface area contributed by atoms with Gasteiger partial charge in [-0.2, -0.15) is 0 Å². The van der Waals surface area contributed by atoms with Gasteiger partial charge in [0.25, 0.3) is 0 Å². The second-order valence-corrected chi connectivity index (χ2v) is 7.41. The van der Waals surface area contributed by atoms with E-state index in [2.05, 4.69) is 9.80 Å². The fourth-order valence-corrected chi connectivity index (χ4v) is 4.39. The highest BCUT2D eigenvalue weighted by Crippen LogP contribution is 2.28. The molecule has 0 saturated carbocycles. The van der Waals surface area contributed by atoms with Crippen LogP contribution < -0.4 is 10.6 Å². The lowest BCUT2D eigenvalue weighted by atomic mass is 10.0. The van der Waals surface area contributed by atoms with Gasteiger partial charge in [-0.3, -0.25) is 9.69 Å². The maximum atomic E-state index is 13.1. The number of likely N-dealkylation sites (tertiary alicyclic amines) is 1. The lowest BCUT2D eigenvalue weighted by Crippen LogP contribution is -2.52. The van der Waals surface area contributed by atoms with Gasteiger partial charge in [0.15, 0.2) is 0 Å². The average Bonchev–Trinajstić information content (AvgIpc) is 3.05. The van der Waals surface area contributed by atoms with Crippen LogP contribution in [0.15, 0.2) is 24.3 Å². The number of hydrogen-bond donors (Lipinski definition) is 1. The standard InChI is InChI=1S/C20H31FN4O/c1-3-23(4-2)20(26)19-13-16(22)14-25(19)18-9-11-24(12-10-18)17-7-5-15(21)6-8-17/h5-8,16,18-19H,3-4,9-14,22H2,1-2H3/t16-,19+/m1/s1. The summed E-state index contributed by atoms with van der Waals surface area (Å²) in [5.74, 6) is 0.0244. The molecule has 0 aromatic heterocycles. The summed E-state index contributed by atoms with van der Waals surface area (Å²) in [6, 6.07) is 7.11. The summed E-state index contributed by atoms with van der Waals surface area (Å²) in [6.07, 6.45) is 2.77. The molecule has 1 aromatic carbocycles. The van der Waals surface area contributed by atoms with Crippen molar-refractivity contribution in [3.63, 3.8) is 0 Å². The Morgan fingerprint density at radius 1 is 1.19 bits per heavy atom. The van der Waals surface area contributed by atoms with Crippen molar-refractivity contribution in [3.8, 4) is 0 Å². The van der Waals surface area contributed by atoms with Crippen molar-refractivity contribution in [2.75, 3.05) is 37.6 Å². The first kappa shape index (κ1) is 19.1. The number of carbonyl (C=O) groups is 1. The minimum atomic E-state index is -0.201. The number of nitrogens with zero attached hydrogens (tertiary/aromatic N) is 3. The number of piperidine rings is 1. The number of benzene rings is 1. The highest BCUT2D eigenvalue weighted by atomic mass is 19.1. The van der Waals surface area contributed by atoms with E-state index in [4.69, 9.17) is 5.73 Å². The maximum absolute atomic E-state index is 13.1. The number of amides is 1. The molecule has 0 unspecified atom stereocenters. The van der Waals surface area contributed by atoms with E-state index in [0.29, 0.717) is 6.04 Å². The van der Waals surface area contributed by atoms with E-state index in [1.807, 2.05) is 30.9 Å². The van der Waals surface area contributed by atoms with Crippen LogP contribution in [0.25, 0.3) is 0 Å². The number of halogens is 1. The number of rotatable bonds is 5. The molecule has 1 amide bonds. The molecule has 0 aliphatic carbocycles. The summed E-state index contributed by atoms with van der Waals surface area (Å²) < 4.78 is 13.1. The van der Waals surface area contributed by atoms with Crippen LogP contribution in [0.1, 0.15) is 33.1 Å². The third kappa shape index (κ3) is 4.01. The van der Waals surface area contributed by atoms with Gasteiger partial charge in [-0.25, -0.2) is 4.39 Å². The smallest absolute Gasteiger partial charge is 0.239 e. The average molecular weight is 362 g/mol. The second kappa shape index (κ2) is 8.35. The van der Waals surface area contributed by atoms with E-state index in [1.54, 1.807) is 0 Å². The predicted molar refractivity (Wildman–Crippen MR) is 103 cm³/mol. The van der Waals surface area contributed by atoms with E-state index >= 15 is 0 Å². The zero-order valence-corrected chi connectivity index (χ0v) is 15.9. The molecule has 0 bridgehead atoms. The Morgan fingerprint density at radius 2 is 1.81 bits per heavy atom. The Kier molecular flexibility index (Phi) is 6.14. The van der Waals surface area contributed by atoms with Gasteiger partial charge in [-0.05, 0) is 57.4 Å². The minimum absolute atomic E-state index is 0.0766. The van der Waals surface area contributed by atoms with Gasteiger partial charge in [0, 0.05) is 50.5 Å². The summed E-state index contributed by atoms with van der Waals surface area (Å²) in [5, 5.41) is 0. The maximum Gasteiger partial charge on any atom is 0.239 e. The fourth-order valence-electron chi connectivity index (χ4n) is 4.39. The molecule has 144 valence electrons. The van der Waals surface area contributed by atoms with Crippen LogP contribution in [0.5, 0.6) is 0 Å². The first-order chi connectivity index (χ1) is 12.5. The number of likely N-dealkylation sites (N-methyl/N-ethyl adjacent to an activating group) is 1. The SMILES string of the molecule is CCN(CC)C(=O)[C@@H]1C[C@@H](N)CN1C1CCN(c2ccc(F)cc2)CC1. The van der Waals surface area contributed by atoms with Crippen LogP contribution in [0, 0.1) is 5.82 Å². The number of nitrogens with two attached hydrogens (primary N) is 1. The minimum Gasteiger partial charge on any atom is -0.371 e. The van der Waals surface area contributed by atoms with Crippen molar-refractivity contribution in [3.05, 3.63) is 30.1 Å². The lowest BCUT2D eigenvalue weighted by Gasteiger charge is -2.40. The van der Waals surface area contributed by atoms with Crippen LogP contribution in [-0.2, 0) is 4.79 Å². The molecule has 3 rings (SSSR count). The van der Waals surface area contributed by atoms with Crippen molar-refractivity contribution in [2.45, 2.75) is 51.2 Å². The van der Waals surface area contributed by atoms with Gasteiger partial charge >= 0.3 is 0 Å². The molecule has 2 heterocycles. The lowest BCUT2D eigenvalue weighted by molar-refractivity contribution is -0.136.